The normalized spacial score (nSPS) is 11.4. The number of aromatic amines is 2. The Bertz CT molecular complexity index is 495. The number of hydrogen-bond donors (Lipinski definition) is 3. The Morgan fingerprint density at radius 2 is 1.92 bits per heavy atom. The van der Waals surface area contributed by atoms with Crippen molar-refractivity contribution in [2.45, 2.75) is 5.03 Å². The Kier molecular flexibility index (Phi) is 1.82. The summed E-state index contributed by atoms with van der Waals surface area (Å²) in [6.07, 6.45) is 0. The van der Waals surface area contributed by atoms with Gasteiger partial charge < -0.3 is 0 Å². The van der Waals surface area contributed by atoms with Gasteiger partial charge in [-0.1, -0.05) is 0 Å². The first-order valence-electron chi connectivity index (χ1n) is 2.58. The molecular weight excluding hydrogens is 190 g/mol. The fourth-order valence-corrected chi connectivity index (χ4v) is 0.958. The van der Waals surface area contributed by atoms with Gasteiger partial charge in [0.05, 0.1) is 0 Å². The second-order valence-electron chi connectivity index (χ2n) is 1.79. The fraction of sp³-hybridized carbons (Fsp3) is 0. The van der Waals surface area contributed by atoms with Crippen LogP contribution >= 0.6 is 0 Å². The molecule has 0 saturated heterocycles. The van der Waals surface area contributed by atoms with Gasteiger partial charge in [-0.25, -0.2) is 9.89 Å². The number of hydrogen-bond acceptors (Lipinski definition) is 5. The molecule has 3 N–H and O–H groups in total. The lowest BCUT2D eigenvalue weighted by atomic mass is 10.8. The quantitative estimate of drug-likeness (QED) is 0.429. The van der Waals surface area contributed by atoms with Gasteiger partial charge in [0.1, 0.15) is 0 Å². The number of H-pyrrole nitrogens is 2. The van der Waals surface area contributed by atoms with Gasteiger partial charge in [-0.15, -0.1) is 0 Å². The van der Waals surface area contributed by atoms with Crippen molar-refractivity contribution in [3.8, 4) is 0 Å². The van der Waals surface area contributed by atoms with Gasteiger partial charge >= 0.3 is 15.8 Å². The van der Waals surface area contributed by atoms with Crippen molar-refractivity contribution in [1.82, 2.24) is 15.2 Å². The van der Waals surface area contributed by atoms with Crippen molar-refractivity contribution in [3.63, 3.8) is 0 Å². The van der Waals surface area contributed by atoms with E-state index < -0.39 is 26.4 Å². The molecule has 8 nitrogen and oxygen atoms in total. The molecule has 1 aromatic heterocycles. The molecule has 0 atom stereocenters. The minimum Gasteiger partial charge on any atom is -0.280 e. The molecule has 0 bridgehead atoms. The van der Waals surface area contributed by atoms with E-state index in [0.29, 0.717) is 0 Å². The van der Waals surface area contributed by atoms with Crippen LogP contribution in [0.1, 0.15) is 0 Å². The Morgan fingerprint density at radius 3 is 2.33 bits per heavy atom. The molecule has 1 heterocycles. The second-order valence-corrected chi connectivity index (χ2v) is 3.12. The lowest BCUT2D eigenvalue weighted by Crippen LogP contribution is -2.29. The molecule has 0 aliphatic rings. The van der Waals surface area contributed by atoms with Gasteiger partial charge in [-0.3, -0.25) is 14.3 Å². The first-order valence-corrected chi connectivity index (χ1v) is 4.02. The predicted molar refractivity (Wildman–Crippen MR) is 35.3 cm³/mol. The average Bonchev–Trinajstić information content (AvgIpc) is 1.83. The van der Waals surface area contributed by atoms with Gasteiger partial charge in [0.25, 0.3) is 10.6 Å². The maximum atomic E-state index is 10.6. The highest BCUT2D eigenvalue weighted by Gasteiger charge is 2.16. The van der Waals surface area contributed by atoms with Crippen LogP contribution in [0.2, 0.25) is 0 Å². The minimum atomic E-state index is -4.68. The van der Waals surface area contributed by atoms with E-state index in [1.54, 1.807) is 10.1 Å². The predicted octanol–water partition coefficient (Wildman–Crippen LogP) is -2.30. The van der Waals surface area contributed by atoms with Crippen LogP contribution in [0, 0.1) is 0 Å². The summed E-state index contributed by atoms with van der Waals surface area (Å²) in [5.41, 5.74) is -2.21. The van der Waals surface area contributed by atoms with Gasteiger partial charge in [0, 0.05) is 0 Å². The third kappa shape index (κ3) is 1.57. The highest BCUT2D eigenvalue weighted by Crippen LogP contribution is 1.90. The van der Waals surface area contributed by atoms with Crippen LogP contribution in [0.25, 0.3) is 0 Å². The van der Waals surface area contributed by atoms with Crippen LogP contribution in [0.3, 0.4) is 0 Å². The molecule has 66 valence electrons. The molecule has 0 unspecified atom stereocenters. The van der Waals surface area contributed by atoms with E-state index in [1.807, 2.05) is 0 Å². The van der Waals surface area contributed by atoms with Gasteiger partial charge in [0.15, 0.2) is 0 Å². The molecule has 0 aliphatic carbocycles. The van der Waals surface area contributed by atoms with E-state index >= 15 is 0 Å². The standard InChI is InChI=1S/C3H3N3O5S/c7-1-2(12(9,10)11)5-6-3(8)4-1/h(H,9,10,11)(H2,4,6,7,8). The molecule has 1 aromatic rings. The van der Waals surface area contributed by atoms with Gasteiger partial charge in [0.2, 0.25) is 0 Å². The highest BCUT2D eigenvalue weighted by molar-refractivity contribution is 7.85. The zero-order valence-corrected chi connectivity index (χ0v) is 6.25. The maximum Gasteiger partial charge on any atom is 0.342 e. The summed E-state index contributed by atoms with van der Waals surface area (Å²) in [7, 11) is -4.68. The Balaban J connectivity index is 3.61. The summed E-state index contributed by atoms with van der Waals surface area (Å²) in [5, 5.41) is 3.34. The third-order valence-corrected chi connectivity index (χ3v) is 1.69. The Hall–Kier alpha value is -1.48. The summed E-state index contributed by atoms with van der Waals surface area (Å²) < 4.78 is 29.0. The largest absolute Gasteiger partial charge is 0.342 e. The monoisotopic (exact) mass is 193 g/mol. The number of nitrogens with one attached hydrogen (secondary N) is 2. The number of rotatable bonds is 1. The van der Waals surface area contributed by atoms with Crippen LogP contribution in [-0.2, 0) is 10.1 Å². The summed E-state index contributed by atoms with van der Waals surface area (Å²) in [5.74, 6) is 0. The summed E-state index contributed by atoms with van der Waals surface area (Å²) in [6, 6.07) is 0. The Labute approximate surface area is 65.0 Å². The lowest BCUT2D eigenvalue weighted by molar-refractivity contribution is 0.474. The molecule has 0 radical (unpaired) electrons. The second kappa shape index (κ2) is 2.53. The van der Waals surface area contributed by atoms with Crippen LogP contribution in [0.4, 0.5) is 0 Å². The zero-order chi connectivity index (χ0) is 9.35. The molecule has 0 fully saturated rings. The van der Waals surface area contributed by atoms with E-state index in [4.69, 9.17) is 4.55 Å². The van der Waals surface area contributed by atoms with E-state index in [0.717, 1.165) is 0 Å². The highest BCUT2D eigenvalue weighted by atomic mass is 32.2. The average molecular weight is 193 g/mol. The molecule has 0 saturated carbocycles. The Morgan fingerprint density at radius 1 is 1.33 bits per heavy atom. The maximum absolute atomic E-state index is 10.6. The lowest BCUT2D eigenvalue weighted by Gasteiger charge is -1.90. The van der Waals surface area contributed by atoms with Crippen molar-refractivity contribution in [2.75, 3.05) is 0 Å². The molecule has 12 heavy (non-hydrogen) atoms. The topological polar surface area (TPSA) is 133 Å². The molecule has 0 aromatic carbocycles. The van der Waals surface area contributed by atoms with E-state index in [9.17, 15) is 18.0 Å². The number of nitrogens with zero attached hydrogens (tertiary/aromatic N) is 1. The first-order chi connectivity index (χ1) is 5.41. The molecule has 0 amide bonds. The zero-order valence-electron chi connectivity index (χ0n) is 5.44. The minimum absolute atomic E-state index is 0.951. The smallest absolute Gasteiger partial charge is 0.280 e. The van der Waals surface area contributed by atoms with Crippen LogP contribution < -0.4 is 11.2 Å². The van der Waals surface area contributed by atoms with Gasteiger partial charge in [-0.2, -0.15) is 13.5 Å². The first kappa shape index (κ1) is 8.62. The fourth-order valence-electron chi connectivity index (χ4n) is 0.512. The third-order valence-electron chi connectivity index (χ3n) is 0.925. The van der Waals surface area contributed by atoms with Crippen molar-refractivity contribution < 1.29 is 13.0 Å². The summed E-state index contributed by atoms with van der Waals surface area (Å²) in [6.45, 7) is 0. The molecule has 9 heteroatoms. The van der Waals surface area contributed by atoms with Crippen LogP contribution in [0.5, 0.6) is 0 Å². The SMILES string of the molecule is O=c1[nH]nc(S(=O)(=O)O)c(=O)[nH]1. The summed E-state index contributed by atoms with van der Waals surface area (Å²) in [4.78, 5) is 22.5. The van der Waals surface area contributed by atoms with E-state index in [1.165, 1.54) is 0 Å². The van der Waals surface area contributed by atoms with Gasteiger partial charge in [-0.05, 0) is 0 Å². The summed E-state index contributed by atoms with van der Waals surface area (Å²) >= 11 is 0. The van der Waals surface area contributed by atoms with Crippen molar-refractivity contribution in [3.05, 3.63) is 20.8 Å². The van der Waals surface area contributed by atoms with Crippen molar-refractivity contribution >= 4 is 10.1 Å². The number of aromatic nitrogens is 3. The molecule has 0 aliphatic heterocycles. The van der Waals surface area contributed by atoms with E-state index in [2.05, 4.69) is 5.10 Å². The molecule has 0 spiro atoms. The van der Waals surface area contributed by atoms with E-state index in [-0.39, 0.29) is 0 Å². The van der Waals surface area contributed by atoms with Crippen LogP contribution in [-0.4, -0.2) is 28.2 Å². The molecular formula is C3H3N3O5S. The van der Waals surface area contributed by atoms with Crippen LogP contribution in [0.15, 0.2) is 14.6 Å². The van der Waals surface area contributed by atoms with Crippen molar-refractivity contribution in [2.24, 2.45) is 0 Å². The van der Waals surface area contributed by atoms with Crippen molar-refractivity contribution in [1.29, 1.82) is 0 Å². The molecule has 1 rings (SSSR count).